The summed E-state index contributed by atoms with van der Waals surface area (Å²) in [5.41, 5.74) is 0. The summed E-state index contributed by atoms with van der Waals surface area (Å²) >= 11 is 0. The lowest BCUT2D eigenvalue weighted by Gasteiger charge is -2.26. The summed E-state index contributed by atoms with van der Waals surface area (Å²) in [4.78, 5) is 35.6. The van der Waals surface area contributed by atoms with Crippen molar-refractivity contribution < 1.29 is 63.1 Å². The fraction of sp³-hybridized carbons (Fsp3) is 0.887. The third-order valence-corrected chi connectivity index (χ3v) is 13.1. The molecule has 6 N–H and O–H groups in total. The van der Waals surface area contributed by atoms with Crippen LogP contribution in [-0.4, -0.2) is 99.3 Å². The normalized spacial score (nSPS) is 15.2. The first-order chi connectivity index (χ1) is 32.5. The van der Waals surface area contributed by atoms with Crippen LogP contribution < -0.4 is 0 Å². The molecule has 6 atom stereocenters. The Morgan fingerprint density at radius 2 is 0.776 bits per heavy atom. The lowest BCUT2D eigenvalue weighted by atomic mass is 10.0. The van der Waals surface area contributed by atoms with Crippen LogP contribution in [0, 0.1) is 0 Å². The van der Waals surface area contributed by atoms with Gasteiger partial charge in [0.15, 0.2) is 6.10 Å². The molecule has 1 unspecified atom stereocenters. The number of aliphatic hydroxyl groups is 5. The molecular formula is C53H101O13P. The Bertz CT molecular complexity index is 1220. The Morgan fingerprint density at radius 3 is 1.16 bits per heavy atom. The first-order valence-electron chi connectivity index (χ1n) is 27.1. The van der Waals surface area contributed by atoms with E-state index < -0.39 is 76.7 Å². The number of unbranched alkanes of at least 4 members (excludes halogenated alkanes) is 30. The summed E-state index contributed by atoms with van der Waals surface area (Å²) in [5, 5.41) is 48.3. The van der Waals surface area contributed by atoms with E-state index in [-0.39, 0.29) is 12.8 Å². The summed E-state index contributed by atoms with van der Waals surface area (Å²) < 4.78 is 33.2. The number of phosphoric acid groups is 1. The Morgan fingerprint density at radius 1 is 0.448 bits per heavy atom. The molecule has 396 valence electrons. The highest BCUT2D eigenvalue weighted by molar-refractivity contribution is 7.47. The summed E-state index contributed by atoms with van der Waals surface area (Å²) in [6, 6.07) is 0. The van der Waals surface area contributed by atoms with E-state index in [9.17, 15) is 39.5 Å². The van der Waals surface area contributed by atoms with Gasteiger partial charge in [0.1, 0.15) is 31.0 Å². The van der Waals surface area contributed by atoms with Crippen molar-refractivity contribution in [3.05, 3.63) is 24.3 Å². The van der Waals surface area contributed by atoms with Crippen molar-refractivity contribution in [2.75, 3.05) is 26.4 Å². The van der Waals surface area contributed by atoms with Crippen LogP contribution in [0.4, 0.5) is 0 Å². The van der Waals surface area contributed by atoms with Crippen molar-refractivity contribution >= 4 is 19.8 Å². The maximum Gasteiger partial charge on any atom is 0.472 e. The van der Waals surface area contributed by atoms with Gasteiger partial charge < -0.3 is 39.9 Å². The second-order valence-corrected chi connectivity index (χ2v) is 20.1. The molecule has 0 aromatic heterocycles. The van der Waals surface area contributed by atoms with Gasteiger partial charge in [0.2, 0.25) is 0 Å². The monoisotopic (exact) mass is 977 g/mol. The van der Waals surface area contributed by atoms with Gasteiger partial charge in [0.05, 0.1) is 19.8 Å². The van der Waals surface area contributed by atoms with Crippen LogP contribution in [-0.2, 0) is 32.7 Å². The lowest BCUT2D eigenvalue weighted by molar-refractivity contribution is -0.161. The summed E-state index contributed by atoms with van der Waals surface area (Å²) in [7, 11) is -4.90. The zero-order chi connectivity index (χ0) is 49.5. The Hall–Kier alpha value is -1.67. The van der Waals surface area contributed by atoms with Gasteiger partial charge in [-0.1, -0.05) is 192 Å². The van der Waals surface area contributed by atoms with Crippen molar-refractivity contribution in [2.24, 2.45) is 0 Å². The van der Waals surface area contributed by atoms with Crippen LogP contribution in [0.5, 0.6) is 0 Å². The predicted octanol–water partition coefficient (Wildman–Crippen LogP) is 12.2. The molecule has 13 nitrogen and oxygen atoms in total. The van der Waals surface area contributed by atoms with Crippen LogP contribution in [0.25, 0.3) is 0 Å². The second-order valence-electron chi connectivity index (χ2n) is 18.7. The molecule has 0 rings (SSSR count). The number of rotatable bonds is 51. The third kappa shape index (κ3) is 44.0. The van der Waals surface area contributed by atoms with E-state index in [4.69, 9.17) is 23.6 Å². The summed E-state index contributed by atoms with van der Waals surface area (Å²) in [6.07, 6.45) is 41.1. The van der Waals surface area contributed by atoms with E-state index in [0.29, 0.717) is 12.8 Å². The highest BCUT2D eigenvalue weighted by atomic mass is 31.2. The first-order valence-corrected chi connectivity index (χ1v) is 28.6. The number of ether oxygens (including phenoxy) is 2. The first kappa shape index (κ1) is 65.3. The van der Waals surface area contributed by atoms with Gasteiger partial charge in [-0.3, -0.25) is 18.6 Å². The second kappa shape index (κ2) is 48.0. The molecule has 67 heavy (non-hydrogen) atoms. The van der Waals surface area contributed by atoms with E-state index in [1.807, 2.05) is 0 Å². The topological polar surface area (TPSA) is 210 Å². The van der Waals surface area contributed by atoms with Crippen LogP contribution in [0.15, 0.2) is 24.3 Å². The number of phosphoric ester groups is 1. The standard InChI is InChI=1S/C53H101O13P/c1-3-5-7-9-11-13-15-17-19-21-23-25-27-29-31-33-35-37-39-41-50(57)63-44-47(45-64-67(61,62)65-46-49(56)53(60)52(59)48(55)43-54)66-51(58)42-40-38-36-34-32-30-28-26-24-22-20-18-16-14-12-10-8-6-4-2/h23-26,47-49,52-56,59-60H,3-22,27-46H2,1-2H3,(H,61,62)/b25-23?,26-24-/t47-,48-,49-,52-,53-/m1/s1. The Kier molecular flexibility index (Phi) is 46.8. The summed E-state index contributed by atoms with van der Waals surface area (Å²) in [6.45, 7) is 1.57. The number of hydrogen-bond donors (Lipinski definition) is 6. The van der Waals surface area contributed by atoms with Crippen LogP contribution in [0.2, 0.25) is 0 Å². The summed E-state index contributed by atoms with van der Waals surface area (Å²) in [5.74, 6) is -1.06. The zero-order valence-electron chi connectivity index (χ0n) is 42.5. The highest BCUT2D eigenvalue weighted by Gasteiger charge is 2.33. The molecule has 0 bridgehead atoms. The number of allylic oxidation sites excluding steroid dienone is 4. The van der Waals surface area contributed by atoms with Gasteiger partial charge in [-0.2, -0.15) is 0 Å². The van der Waals surface area contributed by atoms with Gasteiger partial charge in [0, 0.05) is 12.8 Å². The van der Waals surface area contributed by atoms with Crippen molar-refractivity contribution in [1.29, 1.82) is 0 Å². The van der Waals surface area contributed by atoms with Crippen LogP contribution in [0.3, 0.4) is 0 Å². The minimum atomic E-state index is -4.90. The molecule has 0 aromatic rings. The number of carbonyl (C=O) groups is 2. The van der Waals surface area contributed by atoms with E-state index in [0.717, 1.165) is 83.5 Å². The molecule has 0 heterocycles. The smallest absolute Gasteiger partial charge is 0.462 e. The predicted molar refractivity (Wildman–Crippen MR) is 270 cm³/mol. The van der Waals surface area contributed by atoms with E-state index in [1.165, 1.54) is 122 Å². The molecule has 0 radical (unpaired) electrons. The molecule has 14 heteroatoms. The largest absolute Gasteiger partial charge is 0.472 e. The van der Waals surface area contributed by atoms with Crippen LogP contribution in [0.1, 0.15) is 245 Å². The number of esters is 2. The molecule has 0 saturated heterocycles. The minimum absolute atomic E-state index is 0.112. The quantitative estimate of drug-likeness (QED) is 0.0145. The molecule has 0 fully saturated rings. The van der Waals surface area contributed by atoms with E-state index in [1.54, 1.807) is 0 Å². The minimum Gasteiger partial charge on any atom is -0.462 e. The molecule has 0 aliphatic heterocycles. The average Bonchev–Trinajstić information content (AvgIpc) is 3.32. The molecular weight excluding hydrogens is 876 g/mol. The van der Waals surface area contributed by atoms with Gasteiger partial charge in [-0.15, -0.1) is 0 Å². The van der Waals surface area contributed by atoms with Gasteiger partial charge in [0.25, 0.3) is 0 Å². The van der Waals surface area contributed by atoms with Crippen LogP contribution >= 0.6 is 7.82 Å². The number of aliphatic hydroxyl groups excluding tert-OH is 5. The van der Waals surface area contributed by atoms with E-state index >= 15 is 0 Å². The Labute approximate surface area is 407 Å². The van der Waals surface area contributed by atoms with Crippen molar-refractivity contribution in [3.8, 4) is 0 Å². The van der Waals surface area contributed by atoms with Gasteiger partial charge >= 0.3 is 19.8 Å². The molecule has 0 spiro atoms. The van der Waals surface area contributed by atoms with Crippen molar-refractivity contribution in [3.63, 3.8) is 0 Å². The third-order valence-electron chi connectivity index (χ3n) is 12.2. The van der Waals surface area contributed by atoms with Crippen molar-refractivity contribution in [1.82, 2.24) is 0 Å². The van der Waals surface area contributed by atoms with E-state index in [2.05, 4.69) is 38.2 Å². The number of carbonyl (C=O) groups excluding carboxylic acids is 2. The van der Waals surface area contributed by atoms with Gasteiger partial charge in [-0.05, 0) is 64.2 Å². The average molecular weight is 977 g/mol. The zero-order valence-corrected chi connectivity index (χ0v) is 43.4. The van der Waals surface area contributed by atoms with Crippen molar-refractivity contribution in [2.45, 2.75) is 276 Å². The SMILES string of the molecule is CCCCCCCCCCCC=CCCCCCCCCC(=O)OC[C@H](COP(=O)(O)OC[C@@H](O)[C@@H](O)[C@H](O)[C@H](O)CO)OC(=O)CCCCCCCC/C=C\CCCCCCCCCCC. The molecule has 0 amide bonds. The molecule has 0 saturated carbocycles. The number of hydrogen-bond acceptors (Lipinski definition) is 12. The lowest BCUT2D eigenvalue weighted by Crippen LogP contribution is -2.47. The maximum atomic E-state index is 12.8. The fourth-order valence-corrected chi connectivity index (χ4v) is 8.53. The molecule has 0 aliphatic carbocycles. The van der Waals surface area contributed by atoms with Gasteiger partial charge in [-0.25, -0.2) is 4.57 Å². The maximum absolute atomic E-state index is 12.8. The fourth-order valence-electron chi connectivity index (χ4n) is 7.76. The molecule has 0 aliphatic rings. The highest BCUT2D eigenvalue weighted by Crippen LogP contribution is 2.43. The molecule has 0 aromatic carbocycles. The Balaban J connectivity index is 4.52.